The Balaban J connectivity index is 2.75. The fourth-order valence-electron chi connectivity index (χ4n) is 8.25. The fourth-order valence-corrected chi connectivity index (χ4v) is 8.25. The molecule has 0 aromatic carbocycles. The third kappa shape index (κ3) is 1.61. The molecule has 3 aliphatic carbocycles. The molecule has 0 heterocycles. The monoisotopic (exact) mass is 306 g/mol. The lowest BCUT2D eigenvalue weighted by molar-refractivity contribution is -0.229. The molecule has 0 aromatic rings. The van der Waals surface area contributed by atoms with E-state index in [9.17, 15) is 0 Å². The van der Waals surface area contributed by atoms with Crippen LogP contribution in [0.2, 0.25) is 0 Å². The van der Waals surface area contributed by atoms with Crippen LogP contribution in [-0.4, -0.2) is 0 Å². The smallest absolute Gasteiger partial charge is 0.0207 e. The molecule has 3 saturated carbocycles. The fraction of sp³-hybridized carbons (Fsp3) is 1.00. The highest BCUT2D eigenvalue weighted by Crippen LogP contribution is 2.80. The highest BCUT2D eigenvalue weighted by molar-refractivity contribution is 5.22. The van der Waals surface area contributed by atoms with E-state index in [0.717, 1.165) is 23.7 Å². The predicted octanol–water partition coefficient (Wildman–Crippen LogP) is 7.18. The van der Waals surface area contributed by atoms with Crippen LogP contribution >= 0.6 is 0 Å². The van der Waals surface area contributed by atoms with Crippen molar-refractivity contribution < 1.29 is 0 Å². The molecule has 0 radical (unpaired) electrons. The Hall–Kier alpha value is 0. The van der Waals surface area contributed by atoms with Gasteiger partial charge in [-0.2, -0.15) is 0 Å². The summed E-state index contributed by atoms with van der Waals surface area (Å²) in [6, 6.07) is 0. The van der Waals surface area contributed by atoms with Crippen LogP contribution in [0.1, 0.15) is 94.9 Å². The van der Waals surface area contributed by atoms with Crippen LogP contribution in [0.5, 0.6) is 0 Å². The lowest BCUT2D eigenvalue weighted by Crippen LogP contribution is -2.65. The van der Waals surface area contributed by atoms with E-state index in [1.807, 2.05) is 0 Å². The van der Waals surface area contributed by atoms with E-state index in [-0.39, 0.29) is 0 Å². The first-order valence-corrected chi connectivity index (χ1v) is 10.1. The summed E-state index contributed by atoms with van der Waals surface area (Å²) in [6.45, 7) is 25.6. The Morgan fingerprint density at radius 2 is 1.09 bits per heavy atom. The number of fused-ring (bicyclic) bond motifs is 3. The van der Waals surface area contributed by atoms with E-state index in [2.05, 4.69) is 69.2 Å². The average molecular weight is 307 g/mol. The number of hydrogen-bond donors (Lipinski definition) is 0. The largest absolute Gasteiger partial charge is 0.0651 e. The van der Waals surface area contributed by atoms with Gasteiger partial charge in [0.2, 0.25) is 0 Å². The first kappa shape index (κ1) is 18.3. The molecule has 3 fully saturated rings. The van der Waals surface area contributed by atoms with Crippen molar-refractivity contribution in [1.29, 1.82) is 0 Å². The molecule has 0 saturated heterocycles. The van der Waals surface area contributed by atoms with E-state index in [1.165, 1.54) is 25.7 Å². The highest BCUT2D eigenvalue weighted by Gasteiger charge is 2.75. The molecule has 3 rings (SSSR count). The lowest BCUT2D eigenvalue weighted by Gasteiger charge is -2.70. The minimum atomic E-state index is 0.459. The van der Waals surface area contributed by atoms with E-state index in [4.69, 9.17) is 0 Å². The summed E-state index contributed by atoms with van der Waals surface area (Å²) in [4.78, 5) is 0. The van der Waals surface area contributed by atoms with Crippen molar-refractivity contribution >= 4 is 0 Å². The topological polar surface area (TPSA) is 0 Å². The van der Waals surface area contributed by atoms with Gasteiger partial charge in [-0.05, 0) is 64.6 Å². The minimum Gasteiger partial charge on any atom is -0.0651 e. The second kappa shape index (κ2) is 5.25. The van der Waals surface area contributed by atoms with Crippen molar-refractivity contribution in [2.75, 3.05) is 0 Å². The average Bonchev–Trinajstić information content (AvgIpc) is 2.58. The standard InChI is InChI=1S/C22H42/c1-11-17-20(8,13-3)19(7,12-2)15(5)18-16(6)22(17,10)21(18,9)14-4/h15-18H,11-14H2,1-10H3/t15-,16+,17-,18+,19+,20+,21-,22-/m0/s1. The first-order valence-electron chi connectivity index (χ1n) is 10.1. The zero-order valence-electron chi connectivity index (χ0n) is 17.1. The van der Waals surface area contributed by atoms with Crippen molar-refractivity contribution in [2.45, 2.75) is 94.9 Å². The summed E-state index contributed by atoms with van der Waals surface area (Å²) in [7, 11) is 0. The molecule has 2 bridgehead atoms. The van der Waals surface area contributed by atoms with Gasteiger partial charge in [-0.25, -0.2) is 0 Å². The van der Waals surface area contributed by atoms with Crippen molar-refractivity contribution in [2.24, 2.45) is 45.3 Å². The van der Waals surface area contributed by atoms with Crippen LogP contribution in [0, 0.1) is 45.3 Å². The summed E-state index contributed by atoms with van der Waals surface area (Å²) < 4.78 is 0. The molecule has 0 heteroatoms. The van der Waals surface area contributed by atoms with E-state index >= 15 is 0 Å². The summed E-state index contributed by atoms with van der Waals surface area (Å²) in [6.07, 6.45) is 5.35. The van der Waals surface area contributed by atoms with Gasteiger partial charge in [0.1, 0.15) is 0 Å². The molecule has 8 atom stereocenters. The quantitative estimate of drug-likeness (QED) is 0.516. The summed E-state index contributed by atoms with van der Waals surface area (Å²) in [5, 5.41) is 0. The summed E-state index contributed by atoms with van der Waals surface area (Å²) in [5.74, 6) is 3.44. The third-order valence-corrected chi connectivity index (χ3v) is 10.4. The van der Waals surface area contributed by atoms with Crippen molar-refractivity contribution in [3.05, 3.63) is 0 Å². The Morgan fingerprint density at radius 1 is 0.636 bits per heavy atom. The Morgan fingerprint density at radius 3 is 1.45 bits per heavy atom. The molecule has 0 amide bonds. The number of hydrogen-bond acceptors (Lipinski definition) is 0. The van der Waals surface area contributed by atoms with Crippen LogP contribution in [0.4, 0.5) is 0 Å². The second-order valence-electron chi connectivity index (χ2n) is 9.66. The maximum Gasteiger partial charge on any atom is -0.0207 e. The van der Waals surface area contributed by atoms with Gasteiger partial charge in [-0.15, -0.1) is 0 Å². The van der Waals surface area contributed by atoms with Crippen LogP contribution in [0.15, 0.2) is 0 Å². The molecule has 0 aliphatic heterocycles. The zero-order chi connectivity index (χ0) is 17.1. The van der Waals surface area contributed by atoms with Gasteiger partial charge in [-0.3, -0.25) is 0 Å². The Bertz CT molecular complexity index is 426. The third-order valence-electron chi connectivity index (χ3n) is 10.4. The Labute approximate surface area is 140 Å². The van der Waals surface area contributed by atoms with Gasteiger partial charge >= 0.3 is 0 Å². The molecule has 0 aromatic heterocycles. The van der Waals surface area contributed by atoms with Crippen molar-refractivity contribution in [3.63, 3.8) is 0 Å². The van der Waals surface area contributed by atoms with Gasteiger partial charge in [0.05, 0.1) is 0 Å². The summed E-state index contributed by atoms with van der Waals surface area (Å²) in [5.41, 5.74) is 1.95. The maximum atomic E-state index is 2.66. The summed E-state index contributed by atoms with van der Waals surface area (Å²) >= 11 is 0. The minimum absolute atomic E-state index is 0.459. The molecule has 0 nitrogen and oxygen atoms in total. The van der Waals surface area contributed by atoms with Crippen LogP contribution in [0.25, 0.3) is 0 Å². The predicted molar refractivity (Wildman–Crippen MR) is 98.9 cm³/mol. The van der Waals surface area contributed by atoms with Gasteiger partial charge in [0, 0.05) is 0 Å². The second-order valence-corrected chi connectivity index (χ2v) is 9.66. The van der Waals surface area contributed by atoms with Gasteiger partial charge in [0.15, 0.2) is 0 Å². The van der Waals surface area contributed by atoms with E-state index in [0.29, 0.717) is 21.7 Å². The molecular formula is C22H42. The van der Waals surface area contributed by atoms with Crippen molar-refractivity contribution in [3.8, 4) is 0 Å². The molecule has 130 valence electrons. The van der Waals surface area contributed by atoms with Gasteiger partial charge in [-0.1, -0.05) is 75.7 Å². The molecular weight excluding hydrogens is 264 g/mol. The molecule has 22 heavy (non-hydrogen) atoms. The maximum absolute atomic E-state index is 2.66. The molecule has 3 aliphatic rings. The zero-order valence-corrected chi connectivity index (χ0v) is 17.1. The molecule has 0 spiro atoms. The molecule has 0 unspecified atom stereocenters. The van der Waals surface area contributed by atoms with Gasteiger partial charge < -0.3 is 0 Å². The lowest BCUT2D eigenvalue weighted by atomic mass is 9.34. The van der Waals surface area contributed by atoms with Crippen LogP contribution < -0.4 is 0 Å². The molecule has 0 N–H and O–H groups in total. The SMILES string of the molecule is CC[C@@H]1[C@]2(C)[C@H](C)[C@@H]([C@H](C)[C@@](C)(CC)[C@]1(C)CC)[C@]2(C)CC. The van der Waals surface area contributed by atoms with Crippen LogP contribution in [-0.2, 0) is 0 Å². The van der Waals surface area contributed by atoms with Gasteiger partial charge in [0.25, 0.3) is 0 Å². The van der Waals surface area contributed by atoms with E-state index in [1.54, 1.807) is 0 Å². The first-order chi connectivity index (χ1) is 10.1. The Kier molecular flexibility index (Phi) is 4.38. The number of rotatable bonds is 4. The normalized spacial score (nSPS) is 58.1. The van der Waals surface area contributed by atoms with Crippen LogP contribution in [0.3, 0.4) is 0 Å². The highest BCUT2D eigenvalue weighted by atomic mass is 14.8. The van der Waals surface area contributed by atoms with E-state index < -0.39 is 0 Å². The van der Waals surface area contributed by atoms with Crippen molar-refractivity contribution in [1.82, 2.24) is 0 Å².